The molecule has 1 fully saturated rings. The van der Waals surface area contributed by atoms with Crippen LogP contribution in [0.2, 0.25) is 0 Å². The molecule has 0 spiro atoms. The Kier molecular flexibility index (Phi) is 4.55. The number of nitrogens with zero attached hydrogens (tertiary/aromatic N) is 2. The van der Waals surface area contributed by atoms with Gasteiger partial charge < -0.3 is 20.6 Å². The van der Waals surface area contributed by atoms with Crippen molar-refractivity contribution in [2.75, 3.05) is 7.11 Å². The van der Waals surface area contributed by atoms with Crippen LogP contribution in [0, 0.1) is 5.92 Å². The number of nitrogens with two attached hydrogens (primary N) is 1. The summed E-state index contributed by atoms with van der Waals surface area (Å²) in [7, 11) is 1.62. The molecule has 0 aliphatic heterocycles. The monoisotopic (exact) mass is 404 g/mol. The molecule has 5 rings (SSSR count). The number of carbonyl (C=O) groups is 1. The molecule has 1 saturated carbocycles. The maximum atomic E-state index is 12.1. The Morgan fingerprint density at radius 3 is 2.87 bits per heavy atom. The van der Waals surface area contributed by atoms with Crippen LogP contribution >= 0.6 is 0 Å². The van der Waals surface area contributed by atoms with E-state index in [1.165, 1.54) is 0 Å². The predicted molar refractivity (Wildman–Crippen MR) is 112 cm³/mol. The van der Waals surface area contributed by atoms with E-state index in [2.05, 4.69) is 9.97 Å². The normalized spacial score (nSPS) is 16.3. The van der Waals surface area contributed by atoms with Crippen LogP contribution in [0.15, 0.2) is 30.5 Å². The summed E-state index contributed by atoms with van der Waals surface area (Å²) in [4.78, 5) is 24.9. The first-order valence-corrected chi connectivity index (χ1v) is 10.3. The average Bonchev–Trinajstić information content (AvgIpc) is 3.12. The third-order valence-electron chi connectivity index (χ3n) is 6.41. The van der Waals surface area contributed by atoms with Gasteiger partial charge in [0.15, 0.2) is 5.82 Å². The number of aryl methyl sites for hydroxylation is 1. The summed E-state index contributed by atoms with van der Waals surface area (Å²) in [6.07, 6.45) is 6.43. The smallest absolute Gasteiger partial charge is 0.337 e. The second-order valence-corrected chi connectivity index (χ2v) is 8.09. The molecule has 3 aromatic rings. The fourth-order valence-corrected chi connectivity index (χ4v) is 4.51. The van der Waals surface area contributed by atoms with Crippen molar-refractivity contribution in [3.05, 3.63) is 52.8 Å². The van der Waals surface area contributed by atoms with Gasteiger partial charge in [0.25, 0.3) is 0 Å². The number of fused-ring (bicyclic) bond motifs is 3. The second kappa shape index (κ2) is 7.25. The average molecular weight is 404 g/mol. The zero-order chi connectivity index (χ0) is 20.8. The SMILES string of the molecule is COc1cccc(-c2ncc3c(n2)-c2[nH]c(C(N)C4CCC4)c(C(=O)O)c2CC3)c1. The Labute approximate surface area is 174 Å². The molecule has 154 valence electrons. The number of carboxylic acid groups (broad SMARTS) is 1. The van der Waals surface area contributed by atoms with Crippen molar-refractivity contribution in [1.29, 1.82) is 0 Å². The van der Waals surface area contributed by atoms with Crippen molar-refractivity contribution >= 4 is 5.97 Å². The van der Waals surface area contributed by atoms with Gasteiger partial charge in [-0.2, -0.15) is 0 Å². The van der Waals surface area contributed by atoms with Gasteiger partial charge in [0, 0.05) is 23.5 Å². The van der Waals surface area contributed by atoms with Gasteiger partial charge in [-0.25, -0.2) is 14.8 Å². The number of rotatable bonds is 5. The minimum atomic E-state index is -0.928. The zero-order valence-electron chi connectivity index (χ0n) is 16.8. The van der Waals surface area contributed by atoms with Crippen LogP contribution in [0.3, 0.4) is 0 Å². The van der Waals surface area contributed by atoms with E-state index in [0.29, 0.717) is 35.8 Å². The van der Waals surface area contributed by atoms with Gasteiger partial charge in [0.05, 0.1) is 24.1 Å². The highest BCUT2D eigenvalue weighted by atomic mass is 16.5. The summed E-state index contributed by atoms with van der Waals surface area (Å²) in [5, 5.41) is 9.95. The lowest BCUT2D eigenvalue weighted by atomic mass is 9.78. The van der Waals surface area contributed by atoms with E-state index in [9.17, 15) is 9.90 Å². The minimum Gasteiger partial charge on any atom is -0.497 e. The number of aromatic amines is 1. The number of nitrogens with one attached hydrogen (secondary N) is 1. The fourth-order valence-electron chi connectivity index (χ4n) is 4.51. The van der Waals surface area contributed by atoms with Gasteiger partial charge in [0.1, 0.15) is 5.75 Å². The summed E-state index contributed by atoms with van der Waals surface area (Å²) >= 11 is 0. The molecule has 1 atom stereocenters. The highest BCUT2D eigenvalue weighted by molar-refractivity contribution is 5.94. The summed E-state index contributed by atoms with van der Waals surface area (Å²) in [5.41, 5.74) is 11.6. The van der Waals surface area contributed by atoms with Gasteiger partial charge in [-0.3, -0.25) is 0 Å². The van der Waals surface area contributed by atoms with Gasteiger partial charge in [-0.1, -0.05) is 18.6 Å². The first-order chi connectivity index (χ1) is 14.6. The van der Waals surface area contributed by atoms with E-state index in [4.69, 9.17) is 15.5 Å². The van der Waals surface area contributed by atoms with Crippen LogP contribution in [0.1, 0.15) is 52.5 Å². The van der Waals surface area contributed by atoms with Crippen LogP contribution in [0.5, 0.6) is 5.75 Å². The number of methoxy groups -OCH3 is 1. The van der Waals surface area contributed by atoms with E-state index in [1.54, 1.807) is 7.11 Å². The highest BCUT2D eigenvalue weighted by Gasteiger charge is 2.35. The van der Waals surface area contributed by atoms with E-state index in [-0.39, 0.29) is 6.04 Å². The first-order valence-electron chi connectivity index (χ1n) is 10.3. The third-order valence-corrected chi connectivity index (χ3v) is 6.41. The lowest BCUT2D eigenvalue weighted by Crippen LogP contribution is -2.28. The number of ether oxygens (including phenoxy) is 1. The third kappa shape index (κ3) is 2.97. The van der Waals surface area contributed by atoms with E-state index >= 15 is 0 Å². The molecule has 0 saturated heterocycles. The fraction of sp³-hybridized carbons (Fsp3) is 0.348. The molecule has 1 aromatic carbocycles. The van der Waals surface area contributed by atoms with Crippen LogP contribution in [-0.4, -0.2) is 33.1 Å². The second-order valence-electron chi connectivity index (χ2n) is 8.09. The van der Waals surface area contributed by atoms with Gasteiger partial charge >= 0.3 is 5.97 Å². The number of hydrogen-bond acceptors (Lipinski definition) is 5. The number of aromatic carboxylic acids is 1. The molecular formula is C23H24N4O3. The molecule has 7 heteroatoms. The molecule has 2 aliphatic carbocycles. The van der Waals surface area contributed by atoms with Crippen LogP contribution in [0.25, 0.3) is 22.8 Å². The molecule has 0 bridgehead atoms. The molecule has 30 heavy (non-hydrogen) atoms. The standard InChI is InChI=1S/C23H24N4O3/c1-30-15-7-3-6-13(10-15)22-25-11-14-8-9-16-17(23(28)29)21(18(24)12-4-2-5-12)26-20(16)19(14)27-22/h3,6-7,10-12,18,26H,2,4-5,8-9,24H2,1H3,(H,28,29). The lowest BCUT2D eigenvalue weighted by Gasteiger charge is -2.31. The molecule has 7 nitrogen and oxygen atoms in total. The molecule has 2 heterocycles. The number of H-pyrrole nitrogens is 1. The molecule has 2 aromatic heterocycles. The molecule has 2 aliphatic rings. The number of carboxylic acids is 1. The maximum Gasteiger partial charge on any atom is 0.337 e. The molecule has 4 N–H and O–H groups in total. The number of benzene rings is 1. The Balaban J connectivity index is 1.63. The van der Waals surface area contributed by atoms with E-state index in [1.807, 2.05) is 30.5 Å². The number of aromatic nitrogens is 3. The molecule has 0 radical (unpaired) electrons. The maximum absolute atomic E-state index is 12.1. The summed E-state index contributed by atoms with van der Waals surface area (Å²) in [6.45, 7) is 0. The first kappa shape index (κ1) is 18.8. The molecule has 1 unspecified atom stereocenters. The van der Waals surface area contributed by atoms with Gasteiger partial charge in [-0.15, -0.1) is 0 Å². The highest BCUT2D eigenvalue weighted by Crippen LogP contribution is 2.42. The number of hydrogen-bond donors (Lipinski definition) is 3. The largest absolute Gasteiger partial charge is 0.497 e. The zero-order valence-corrected chi connectivity index (χ0v) is 16.8. The predicted octanol–water partition coefficient (Wildman–Crippen LogP) is 3.74. The van der Waals surface area contributed by atoms with Crippen molar-refractivity contribution < 1.29 is 14.6 Å². The summed E-state index contributed by atoms with van der Waals surface area (Å²) in [5.74, 6) is 0.719. The van der Waals surface area contributed by atoms with Crippen molar-refractivity contribution in [1.82, 2.24) is 15.0 Å². The summed E-state index contributed by atoms with van der Waals surface area (Å²) < 4.78 is 5.31. The minimum absolute atomic E-state index is 0.293. The lowest BCUT2D eigenvalue weighted by molar-refractivity contribution is 0.0693. The summed E-state index contributed by atoms with van der Waals surface area (Å²) in [6, 6.07) is 7.30. The van der Waals surface area contributed by atoms with Crippen LogP contribution < -0.4 is 10.5 Å². The Morgan fingerprint density at radius 2 is 2.17 bits per heavy atom. The van der Waals surface area contributed by atoms with Crippen molar-refractivity contribution in [2.24, 2.45) is 11.7 Å². The quantitative estimate of drug-likeness (QED) is 0.597. The van der Waals surface area contributed by atoms with E-state index in [0.717, 1.165) is 53.1 Å². The van der Waals surface area contributed by atoms with Gasteiger partial charge in [0.2, 0.25) is 0 Å². The Morgan fingerprint density at radius 1 is 1.33 bits per heavy atom. The van der Waals surface area contributed by atoms with Crippen molar-refractivity contribution in [3.8, 4) is 28.5 Å². The topological polar surface area (TPSA) is 114 Å². The van der Waals surface area contributed by atoms with Crippen molar-refractivity contribution in [3.63, 3.8) is 0 Å². The van der Waals surface area contributed by atoms with Gasteiger partial charge in [-0.05, 0) is 54.9 Å². The van der Waals surface area contributed by atoms with Crippen LogP contribution in [0.4, 0.5) is 0 Å². The van der Waals surface area contributed by atoms with Crippen LogP contribution in [-0.2, 0) is 12.8 Å². The van der Waals surface area contributed by atoms with E-state index < -0.39 is 5.97 Å². The Hall–Kier alpha value is -3.19. The molecular weight excluding hydrogens is 380 g/mol. The molecule has 0 amide bonds. The Bertz CT molecular complexity index is 1130. The van der Waals surface area contributed by atoms with Crippen molar-refractivity contribution in [2.45, 2.75) is 38.1 Å².